The highest BCUT2D eigenvalue weighted by molar-refractivity contribution is 7.17. The lowest BCUT2D eigenvalue weighted by Crippen LogP contribution is -1.97. The molecule has 0 fully saturated rings. The molecule has 0 amide bonds. The minimum atomic E-state index is 0.484. The van der Waals surface area contributed by atoms with Crippen LogP contribution < -0.4 is 0 Å². The lowest BCUT2D eigenvalue weighted by Gasteiger charge is -2.09. The van der Waals surface area contributed by atoms with Gasteiger partial charge in [0.05, 0.1) is 57.4 Å². The largest absolute Gasteiger partial charge is 0.328 e. The van der Waals surface area contributed by atoms with Gasteiger partial charge in [-0.2, -0.15) is 15.3 Å². The summed E-state index contributed by atoms with van der Waals surface area (Å²) in [4.78, 5) is 26.3. The van der Waals surface area contributed by atoms with Crippen molar-refractivity contribution in [2.24, 2.45) is 0 Å². The van der Waals surface area contributed by atoms with E-state index in [0.29, 0.717) is 47.5 Å². The maximum Gasteiger partial charge on any atom is 0.193 e. The third kappa shape index (κ3) is 17.2. The molecule has 0 saturated carbocycles. The molecule has 0 aliphatic heterocycles. The zero-order valence-electron chi connectivity index (χ0n) is 56.6. The van der Waals surface area contributed by atoms with Crippen molar-refractivity contribution in [3.8, 4) is 0 Å². The van der Waals surface area contributed by atoms with Crippen LogP contribution in [0.3, 0.4) is 0 Å². The second-order valence-corrected chi connectivity index (χ2v) is 29.6. The number of rotatable bonds is 8. The first-order valence-corrected chi connectivity index (χ1v) is 36.6. The van der Waals surface area contributed by atoms with Crippen LogP contribution in [0.1, 0.15) is 209 Å². The average molecular weight is 1330 g/mol. The van der Waals surface area contributed by atoms with Crippen LogP contribution in [0.4, 0.5) is 0 Å². The van der Waals surface area contributed by atoms with E-state index in [9.17, 15) is 0 Å². The maximum atomic E-state index is 4.34. The Labute approximate surface area is 568 Å². The molecule has 13 nitrogen and oxygen atoms in total. The number of imidazole rings is 2. The van der Waals surface area contributed by atoms with E-state index in [-0.39, 0.29) is 0 Å². The van der Waals surface area contributed by atoms with E-state index in [0.717, 1.165) is 32.8 Å². The molecule has 13 heterocycles. The Morgan fingerprint density at radius 1 is 0.452 bits per heavy atom. The van der Waals surface area contributed by atoms with E-state index in [1.54, 1.807) is 56.7 Å². The standard InChI is InChI=1S/C11H13N.2C10H12N2.2C10H11NS.3C8H10N2S/c1-8(2)9-6-7-12-11-5-3-4-10(9)11;1-8(2)12-7-11-9-5-3-4-6-10(9)12;1-7(2)10-8-5-3-4-6-9(8)11-12-10;1-7(2)8-3-5-11-9-4-6-12-10(8)9;1-7(2)8-3-5-11-10-9(8)4-6-12-10;1-6(2)7-5-9-8-10(7)3-4-11-8;2*1-6(2)7-5-9-10-3-4-11-8(7)10/h3-4,6-8H,5H2,1-2H3;3-8H,1-2H3;3-7H,1-2H3,(H,11,12);2*3-7H,1-2H3;3*3-6H,1-2H3. The Balaban J connectivity index is 0.000000125. The van der Waals surface area contributed by atoms with Crippen molar-refractivity contribution in [2.75, 3.05) is 0 Å². The number of para-hydroxylation sites is 3. The van der Waals surface area contributed by atoms with E-state index < -0.39 is 0 Å². The Morgan fingerprint density at radius 2 is 1.04 bits per heavy atom. The minimum absolute atomic E-state index is 0.484. The van der Waals surface area contributed by atoms with E-state index in [4.69, 9.17) is 0 Å². The van der Waals surface area contributed by atoms with Crippen molar-refractivity contribution in [1.82, 2.24) is 63.3 Å². The second-order valence-electron chi connectivity index (χ2n) is 25.2. The van der Waals surface area contributed by atoms with E-state index in [1.807, 2.05) is 101 Å². The summed E-state index contributed by atoms with van der Waals surface area (Å²) in [6, 6.07) is 27.4. The monoisotopic (exact) mass is 1330 g/mol. The Morgan fingerprint density at radius 3 is 1.69 bits per heavy atom. The smallest absolute Gasteiger partial charge is 0.193 e. The third-order valence-electron chi connectivity index (χ3n) is 15.8. The molecule has 16 rings (SSSR count). The molecule has 0 radical (unpaired) electrons. The number of benzene rings is 2. The lowest BCUT2D eigenvalue weighted by molar-refractivity contribution is 0.617. The number of aromatic amines is 1. The van der Waals surface area contributed by atoms with Gasteiger partial charge in [-0.15, -0.1) is 56.7 Å². The quantitative estimate of drug-likeness (QED) is 0.159. The molecule has 13 aromatic heterocycles. The molecule has 93 heavy (non-hydrogen) atoms. The van der Waals surface area contributed by atoms with Crippen molar-refractivity contribution in [1.29, 1.82) is 0 Å². The summed E-state index contributed by atoms with van der Waals surface area (Å²) in [5, 5.41) is 28.7. The fourth-order valence-electron chi connectivity index (χ4n) is 10.7. The van der Waals surface area contributed by atoms with Crippen molar-refractivity contribution in [3.63, 3.8) is 0 Å². The molecule has 0 atom stereocenters. The normalized spacial score (nSPS) is 11.7. The van der Waals surface area contributed by atoms with Crippen molar-refractivity contribution in [3.05, 3.63) is 224 Å². The summed E-state index contributed by atoms with van der Waals surface area (Å²) < 4.78 is 9.53. The summed E-state index contributed by atoms with van der Waals surface area (Å²) in [5.74, 6) is 4.00. The SMILES string of the molecule is CC(C)c1[nH]nc2ccccc12.CC(C)c1ccnc2c1C=CC2.CC(C)c1ccnc2ccsc12.CC(C)c1ccnc2sccc12.CC(C)c1cnc2sccn12.CC(C)c1cnn2ccsc12.CC(C)c1cnn2ccsc12.CC(C)n1cnc2ccccc21. The molecule has 2 aromatic carbocycles. The molecule has 0 spiro atoms. The van der Waals surface area contributed by atoms with Crippen LogP contribution in [0.5, 0.6) is 0 Å². The average Bonchev–Trinajstić information content (AvgIpc) is 1.96. The molecule has 1 N–H and O–H groups in total. The van der Waals surface area contributed by atoms with Gasteiger partial charge in [-0.3, -0.25) is 19.5 Å². The zero-order valence-corrected chi connectivity index (χ0v) is 60.6. The van der Waals surface area contributed by atoms with Gasteiger partial charge < -0.3 is 4.57 Å². The molecule has 0 bridgehead atoms. The van der Waals surface area contributed by atoms with Gasteiger partial charge >= 0.3 is 0 Å². The van der Waals surface area contributed by atoms with E-state index in [1.165, 1.54) is 81.1 Å². The Hall–Kier alpha value is -8.00. The number of allylic oxidation sites excluding steroid dienone is 1. The van der Waals surface area contributed by atoms with Gasteiger partial charge in [0, 0.05) is 99.1 Å². The van der Waals surface area contributed by atoms with Crippen LogP contribution in [0.25, 0.3) is 63.1 Å². The molecular weight excluding hydrogens is 1240 g/mol. The minimum Gasteiger partial charge on any atom is -0.328 e. The Kier molecular flexibility index (Phi) is 24.4. The summed E-state index contributed by atoms with van der Waals surface area (Å²) in [6.45, 7) is 35.1. The van der Waals surface area contributed by atoms with Crippen molar-refractivity contribution < 1.29 is 0 Å². The van der Waals surface area contributed by atoms with Crippen LogP contribution in [0.15, 0.2) is 174 Å². The van der Waals surface area contributed by atoms with Crippen LogP contribution >= 0.6 is 56.7 Å². The number of aromatic nitrogens is 13. The number of thiophene rings is 2. The number of nitrogens with zero attached hydrogens (tertiary/aromatic N) is 12. The van der Waals surface area contributed by atoms with Crippen molar-refractivity contribution >= 4 is 120 Å². The van der Waals surface area contributed by atoms with Gasteiger partial charge in [0.25, 0.3) is 0 Å². The van der Waals surface area contributed by atoms with Crippen LogP contribution in [-0.4, -0.2) is 63.3 Å². The third-order valence-corrected chi connectivity index (χ3v) is 20.1. The number of hydrogen-bond donors (Lipinski definition) is 1. The fourth-order valence-corrected chi connectivity index (χ4v) is 15.1. The molecule has 0 unspecified atom stereocenters. The molecule has 18 heteroatoms. The van der Waals surface area contributed by atoms with Crippen LogP contribution in [0.2, 0.25) is 0 Å². The maximum absolute atomic E-state index is 4.34. The highest BCUT2D eigenvalue weighted by Crippen LogP contribution is 2.31. The van der Waals surface area contributed by atoms with Gasteiger partial charge in [0.2, 0.25) is 0 Å². The van der Waals surface area contributed by atoms with Crippen LogP contribution in [-0.2, 0) is 6.42 Å². The molecule has 15 aromatic rings. The first-order valence-electron chi connectivity index (χ1n) is 32.2. The van der Waals surface area contributed by atoms with Crippen LogP contribution in [0, 0.1) is 0 Å². The first kappa shape index (κ1) is 69.3. The first-order chi connectivity index (χ1) is 44.8. The van der Waals surface area contributed by atoms with Crippen molar-refractivity contribution in [2.45, 2.75) is 165 Å². The summed E-state index contributed by atoms with van der Waals surface area (Å²) in [5.41, 5.74) is 16.5. The van der Waals surface area contributed by atoms with E-state index in [2.05, 4.69) is 253 Å². The lowest BCUT2D eigenvalue weighted by atomic mass is 9.98. The fraction of sp³-hybridized carbons (Fsp3) is 0.333. The number of nitrogens with one attached hydrogen (secondary N) is 1. The van der Waals surface area contributed by atoms with Gasteiger partial charge in [0.15, 0.2) is 4.96 Å². The van der Waals surface area contributed by atoms with Gasteiger partial charge in [-0.25, -0.2) is 24.0 Å². The van der Waals surface area contributed by atoms with Gasteiger partial charge in [0.1, 0.15) is 14.5 Å². The highest BCUT2D eigenvalue weighted by atomic mass is 32.1. The number of hydrogen-bond acceptors (Lipinski definition) is 13. The predicted octanol–water partition coefficient (Wildman–Crippen LogP) is 22.5. The van der Waals surface area contributed by atoms with E-state index >= 15 is 0 Å². The number of pyridine rings is 3. The highest BCUT2D eigenvalue weighted by Gasteiger charge is 2.14. The summed E-state index contributed by atoms with van der Waals surface area (Å²) >= 11 is 8.66. The molecule has 1 aliphatic carbocycles. The molecular formula is C75H89N13S5. The molecule has 1 aliphatic rings. The Bertz CT molecular complexity index is 4410. The van der Waals surface area contributed by atoms with Gasteiger partial charge in [-0.05, 0) is 137 Å². The number of fused-ring (bicyclic) bond motifs is 8. The second kappa shape index (κ2) is 32.7. The molecule has 484 valence electrons. The number of H-pyrrole nitrogens is 1. The summed E-state index contributed by atoms with van der Waals surface area (Å²) in [7, 11) is 0. The predicted molar refractivity (Wildman–Crippen MR) is 400 cm³/mol. The number of thiazole rings is 3. The molecule has 0 saturated heterocycles. The van der Waals surface area contributed by atoms with Gasteiger partial charge in [-0.1, -0.05) is 139 Å². The zero-order chi connectivity index (χ0) is 66.3. The summed E-state index contributed by atoms with van der Waals surface area (Å²) in [6.07, 6.45) is 24.9. The topological polar surface area (TPSA) is 137 Å².